The Morgan fingerprint density at radius 1 is 1.19 bits per heavy atom. The zero-order valence-corrected chi connectivity index (χ0v) is 13.9. The van der Waals surface area contributed by atoms with E-state index < -0.39 is 0 Å². The number of halogens is 2. The number of alkyl halides is 2. The Balaban J connectivity index is 1.71. The van der Waals surface area contributed by atoms with Crippen molar-refractivity contribution in [2.45, 2.75) is 59.9 Å². The molecule has 2 saturated heterocycles. The van der Waals surface area contributed by atoms with E-state index in [1.807, 2.05) is 6.08 Å². The fourth-order valence-corrected chi connectivity index (χ4v) is 5.19. The maximum atomic E-state index is 12.5. The van der Waals surface area contributed by atoms with Crippen LogP contribution in [0.3, 0.4) is 0 Å². The van der Waals surface area contributed by atoms with Crippen molar-refractivity contribution in [3.05, 3.63) is 11.8 Å². The predicted molar refractivity (Wildman–Crippen MR) is 85.6 cm³/mol. The van der Waals surface area contributed by atoms with Gasteiger partial charge in [0.25, 0.3) is 5.91 Å². The summed E-state index contributed by atoms with van der Waals surface area (Å²) in [5, 5.41) is 2.97. The number of imide groups is 1. The molecule has 0 aromatic rings. The van der Waals surface area contributed by atoms with Gasteiger partial charge in [0, 0.05) is 16.7 Å². The molecule has 2 heterocycles. The molecule has 1 aliphatic carbocycles. The molecule has 0 aromatic carbocycles. The lowest BCUT2D eigenvalue weighted by atomic mass is 9.94. The first kappa shape index (κ1) is 15.5. The van der Waals surface area contributed by atoms with Crippen LogP contribution in [0.2, 0.25) is 0 Å². The number of hydrogen-bond acceptors (Lipinski definition) is 3. The van der Waals surface area contributed by atoms with Crippen molar-refractivity contribution in [2.75, 3.05) is 0 Å². The molecule has 7 heteroatoms. The number of carbonyl (C=O) groups excluding carboxylic acids is 2. The molecule has 3 fully saturated rings. The first-order valence-corrected chi connectivity index (χ1v) is 9.16. The zero-order valence-electron chi connectivity index (χ0n) is 11.6. The Kier molecular flexibility index (Phi) is 4.71. The second-order valence-corrected chi connectivity index (χ2v) is 8.61. The lowest BCUT2D eigenvalue weighted by Crippen LogP contribution is -2.43. The molecule has 4 unspecified atom stereocenters. The Bertz CT molecular complexity index is 486. The highest BCUT2D eigenvalue weighted by atomic mass is 35.5. The average molecular weight is 349 g/mol. The minimum Gasteiger partial charge on any atom is -0.303 e. The molecule has 4 nitrogen and oxygen atoms in total. The summed E-state index contributed by atoms with van der Waals surface area (Å²) in [7, 11) is 0. The van der Waals surface area contributed by atoms with Gasteiger partial charge in [0.1, 0.15) is 5.70 Å². The van der Waals surface area contributed by atoms with Crippen molar-refractivity contribution in [1.82, 2.24) is 10.2 Å². The molecule has 2 aliphatic heterocycles. The lowest BCUT2D eigenvalue weighted by Gasteiger charge is -2.30. The van der Waals surface area contributed by atoms with Gasteiger partial charge in [-0.25, -0.2) is 4.79 Å². The number of rotatable bonds is 2. The fraction of sp³-hybridized carbons (Fsp3) is 0.714. The van der Waals surface area contributed by atoms with Crippen LogP contribution in [0, 0.1) is 0 Å². The first-order valence-electron chi connectivity index (χ1n) is 7.34. The van der Waals surface area contributed by atoms with E-state index in [4.69, 9.17) is 23.2 Å². The molecule has 0 aromatic heterocycles. The van der Waals surface area contributed by atoms with Gasteiger partial charge in [-0.2, -0.15) is 0 Å². The van der Waals surface area contributed by atoms with Crippen LogP contribution in [0.5, 0.6) is 0 Å². The van der Waals surface area contributed by atoms with Gasteiger partial charge in [-0.15, -0.1) is 35.0 Å². The molecule has 3 rings (SSSR count). The Morgan fingerprint density at radius 2 is 2.00 bits per heavy atom. The third-order valence-electron chi connectivity index (χ3n) is 4.21. The number of carbonyl (C=O) groups is 2. The van der Waals surface area contributed by atoms with E-state index in [0.717, 1.165) is 32.1 Å². The molecule has 0 bridgehead atoms. The number of hydrogen-bond donors (Lipinski definition) is 1. The van der Waals surface area contributed by atoms with Crippen LogP contribution in [0.4, 0.5) is 4.79 Å². The van der Waals surface area contributed by atoms with Crippen molar-refractivity contribution in [3.63, 3.8) is 0 Å². The summed E-state index contributed by atoms with van der Waals surface area (Å²) in [6.45, 7) is 0. The molecule has 4 atom stereocenters. The topological polar surface area (TPSA) is 49.4 Å². The Hall–Kier alpha value is -0.390. The average Bonchev–Trinajstić information content (AvgIpc) is 2.94. The van der Waals surface area contributed by atoms with Crippen LogP contribution in [0.15, 0.2) is 11.8 Å². The van der Waals surface area contributed by atoms with E-state index in [1.54, 1.807) is 11.8 Å². The molecule has 3 aliphatic rings. The first-order chi connectivity index (χ1) is 10.0. The molecule has 1 saturated carbocycles. The predicted octanol–water partition coefficient (Wildman–Crippen LogP) is 3.43. The summed E-state index contributed by atoms with van der Waals surface area (Å²) >= 11 is 13.9. The Labute approximate surface area is 138 Å². The number of amides is 3. The van der Waals surface area contributed by atoms with E-state index >= 15 is 0 Å². The lowest BCUT2D eigenvalue weighted by molar-refractivity contribution is -0.124. The highest BCUT2D eigenvalue weighted by Gasteiger charge is 2.40. The largest absolute Gasteiger partial charge is 0.329 e. The zero-order chi connectivity index (χ0) is 15.0. The number of nitrogens with one attached hydrogen (secondary N) is 1. The van der Waals surface area contributed by atoms with Crippen LogP contribution in [-0.2, 0) is 4.79 Å². The number of thioether (sulfide) groups is 1. The molecule has 116 valence electrons. The SMILES string of the molecule is O=C1N/C(=C\C2CCC(Cl)S2)C(=O)N1C1CCCC(Cl)C1. The summed E-state index contributed by atoms with van der Waals surface area (Å²) < 4.78 is 0.102. The van der Waals surface area contributed by atoms with Gasteiger partial charge in [-0.3, -0.25) is 9.69 Å². The van der Waals surface area contributed by atoms with Crippen molar-refractivity contribution >= 4 is 46.9 Å². The maximum Gasteiger partial charge on any atom is 0.329 e. The standard InChI is InChI=1S/C14H18Cl2N2O2S/c15-8-2-1-3-9(6-8)18-13(19)11(17-14(18)20)7-10-4-5-12(16)21-10/h7-10,12H,1-6H2,(H,17,20)/b11-7-. The second kappa shape index (κ2) is 6.39. The van der Waals surface area contributed by atoms with Crippen molar-refractivity contribution in [1.29, 1.82) is 0 Å². The van der Waals surface area contributed by atoms with Gasteiger partial charge in [0.05, 0.1) is 4.71 Å². The third-order valence-corrected chi connectivity index (χ3v) is 6.39. The van der Waals surface area contributed by atoms with Gasteiger partial charge < -0.3 is 5.32 Å². The fourth-order valence-electron chi connectivity index (χ4n) is 3.17. The summed E-state index contributed by atoms with van der Waals surface area (Å²) in [5.74, 6) is -0.214. The highest BCUT2D eigenvalue weighted by molar-refractivity contribution is 8.02. The molecule has 0 spiro atoms. The van der Waals surface area contributed by atoms with E-state index in [-0.39, 0.29) is 33.3 Å². The third kappa shape index (κ3) is 3.35. The van der Waals surface area contributed by atoms with E-state index in [2.05, 4.69) is 5.32 Å². The van der Waals surface area contributed by atoms with E-state index in [0.29, 0.717) is 12.1 Å². The summed E-state index contributed by atoms with van der Waals surface area (Å²) in [6, 6.07) is -0.385. The summed E-state index contributed by atoms with van der Waals surface area (Å²) in [4.78, 5) is 26.0. The monoisotopic (exact) mass is 348 g/mol. The van der Waals surface area contributed by atoms with Crippen LogP contribution in [0.1, 0.15) is 38.5 Å². The van der Waals surface area contributed by atoms with Crippen LogP contribution in [0.25, 0.3) is 0 Å². The van der Waals surface area contributed by atoms with Gasteiger partial charge in [0.2, 0.25) is 0 Å². The summed E-state index contributed by atoms with van der Waals surface area (Å²) in [5.41, 5.74) is 0.403. The molecule has 0 radical (unpaired) electrons. The van der Waals surface area contributed by atoms with Gasteiger partial charge in [-0.05, 0) is 44.6 Å². The molecule has 21 heavy (non-hydrogen) atoms. The maximum absolute atomic E-state index is 12.5. The van der Waals surface area contributed by atoms with Crippen LogP contribution >= 0.6 is 35.0 Å². The smallest absolute Gasteiger partial charge is 0.303 e. The van der Waals surface area contributed by atoms with Gasteiger partial charge in [-0.1, -0.05) is 0 Å². The van der Waals surface area contributed by atoms with Gasteiger partial charge >= 0.3 is 6.03 Å². The summed E-state index contributed by atoms with van der Waals surface area (Å²) in [6.07, 6.45) is 7.19. The molecular weight excluding hydrogens is 331 g/mol. The van der Waals surface area contributed by atoms with Crippen LogP contribution < -0.4 is 5.32 Å². The van der Waals surface area contributed by atoms with E-state index in [1.165, 1.54) is 4.90 Å². The van der Waals surface area contributed by atoms with Crippen LogP contribution in [-0.4, -0.2) is 38.2 Å². The highest BCUT2D eigenvalue weighted by Crippen LogP contribution is 2.37. The van der Waals surface area contributed by atoms with Crippen molar-refractivity contribution < 1.29 is 9.59 Å². The van der Waals surface area contributed by atoms with Crippen molar-refractivity contribution in [2.24, 2.45) is 0 Å². The molecular formula is C14H18Cl2N2O2S. The second-order valence-electron chi connectivity index (χ2n) is 5.77. The minimum atomic E-state index is -0.313. The Morgan fingerprint density at radius 3 is 2.67 bits per heavy atom. The van der Waals surface area contributed by atoms with Gasteiger partial charge in [0.15, 0.2) is 0 Å². The number of nitrogens with zero attached hydrogens (tertiary/aromatic N) is 1. The molecule has 1 N–H and O–H groups in total. The van der Waals surface area contributed by atoms with E-state index in [9.17, 15) is 9.59 Å². The quantitative estimate of drug-likeness (QED) is 0.472. The molecule has 3 amide bonds. The normalized spacial score (nSPS) is 39.1. The van der Waals surface area contributed by atoms with Crippen molar-refractivity contribution in [3.8, 4) is 0 Å². The number of urea groups is 1. The minimum absolute atomic E-state index is 0.0553.